The Morgan fingerprint density at radius 3 is 2.93 bits per heavy atom. The molecule has 0 aromatic heterocycles. The third kappa shape index (κ3) is 2.62. The first-order valence-corrected chi connectivity index (χ1v) is 4.12. The number of nitrogen functional groups attached to an aromatic ring is 1. The quantitative estimate of drug-likeness (QED) is 0.714. The molecule has 1 rings (SSSR count). The predicted octanol–water partition coefficient (Wildman–Crippen LogP) is 1.98. The molecule has 14 heavy (non-hydrogen) atoms. The normalized spacial score (nSPS) is 9.57. The third-order valence-electron chi connectivity index (χ3n) is 1.51. The highest BCUT2D eigenvalue weighted by Crippen LogP contribution is 2.16. The maximum Gasteiger partial charge on any atom is 0.411 e. The van der Waals surface area contributed by atoms with E-state index in [0.29, 0.717) is 5.69 Å². The third-order valence-corrected chi connectivity index (χ3v) is 1.51. The second kappa shape index (κ2) is 4.45. The Bertz CT molecular complexity index is 342. The van der Waals surface area contributed by atoms with Crippen molar-refractivity contribution in [3.05, 3.63) is 24.0 Å². The molecule has 1 aromatic rings. The van der Waals surface area contributed by atoms with Gasteiger partial charge in [0.05, 0.1) is 12.3 Å². The summed E-state index contributed by atoms with van der Waals surface area (Å²) >= 11 is 0. The highest BCUT2D eigenvalue weighted by molar-refractivity contribution is 5.85. The molecule has 0 fully saturated rings. The van der Waals surface area contributed by atoms with Crippen LogP contribution in [-0.4, -0.2) is 12.7 Å². The second-order valence-electron chi connectivity index (χ2n) is 2.58. The summed E-state index contributed by atoms with van der Waals surface area (Å²) in [6, 6.07) is 3.99. The summed E-state index contributed by atoms with van der Waals surface area (Å²) in [5.41, 5.74) is 5.69. The summed E-state index contributed by atoms with van der Waals surface area (Å²) in [5, 5.41) is 2.25. The Morgan fingerprint density at radius 2 is 2.36 bits per heavy atom. The lowest BCUT2D eigenvalue weighted by Gasteiger charge is -2.06. The number of ether oxygens (including phenoxy) is 1. The van der Waals surface area contributed by atoms with Crippen molar-refractivity contribution in [3.8, 4) is 0 Å². The van der Waals surface area contributed by atoms with Crippen molar-refractivity contribution in [3.63, 3.8) is 0 Å². The van der Waals surface area contributed by atoms with Crippen molar-refractivity contribution in [2.75, 3.05) is 17.7 Å². The molecule has 3 N–H and O–H groups in total. The molecule has 4 nitrogen and oxygen atoms in total. The van der Waals surface area contributed by atoms with Crippen LogP contribution < -0.4 is 11.1 Å². The molecule has 5 heteroatoms. The average molecular weight is 198 g/mol. The fourth-order valence-corrected chi connectivity index (χ4v) is 0.910. The first kappa shape index (κ1) is 10.3. The topological polar surface area (TPSA) is 64.3 Å². The van der Waals surface area contributed by atoms with Crippen LogP contribution in [0.15, 0.2) is 18.2 Å². The van der Waals surface area contributed by atoms with Crippen LogP contribution in [0.4, 0.5) is 20.6 Å². The lowest BCUT2D eigenvalue weighted by molar-refractivity contribution is 0.168. The second-order valence-corrected chi connectivity index (χ2v) is 2.58. The Labute approximate surface area is 80.9 Å². The summed E-state index contributed by atoms with van der Waals surface area (Å²) < 4.78 is 17.7. The van der Waals surface area contributed by atoms with E-state index in [4.69, 9.17) is 5.73 Å². The van der Waals surface area contributed by atoms with Crippen LogP contribution in [0.1, 0.15) is 6.92 Å². The molecule has 0 spiro atoms. The van der Waals surface area contributed by atoms with Crippen LogP contribution >= 0.6 is 0 Å². The van der Waals surface area contributed by atoms with Crippen molar-refractivity contribution < 1.29 is 13.9 Å². The maximum absolute atomic E-state index is 13.1. The van der Waals surface area contributed by atoms with Gasteiger partial charge in [-0.1, -0.05) is 0 Å². The van der Waals surface area contributed by atoms with Gasteiger partial charge in [0, 0.05) is 5.69 Å². The molecule has 0 atom stereocenters. The van der Waals surface area contributed by atoms with E-state index in [9.17, 15) is 9.18 Å². The number of carbonyl (C=O) groups is 1. The van der Waals surface area contributed by atoms with Crippen molar-refractivity contribution >= 4 is 17.5 Å². The van der Waals surface area contributed by atoms with E-state index in [1.807, 2.05) is 0 Å². The molecule has 0 saturated heterocycles. The standard InChI is InChI=1S/C9H11FN2O2/c1-2-14-9(13)12-8-4-3-6(11)5-7(8)10/h3-5H,2,11H2,1H3,(H,12,13). The minimum absolute atomic E-state index is 0.0534. The number of anilines is 2. The van der Waals surface area contributed by atoms with E-state index >= 15 is 0 Å². The van der Waals surface area contributed by atoms with Crippen LogP contribution in [0.5, 0.6) is 0 Å². The van der Waals surface area contributed by atoms with Gasteiger partial charge in [0.15, 0.2) is 0 Å². The smallest absolute Gasteiger partial charge is 0.411 e. The van der Waals surface area contributed by atoms with Crippen LogP contribution in [0, 0.1) is 5.82 Å². The van der Waals surface area contributed by atoms with Crippen LogP contribution in [-0.2, 0) is 4.74 Å². The zero-order valence-corrected chi connectivity index (χ0v) is 7.71. The van der Waals surface area contributed by atoms with E-state index in [-0.39, 0.29) is 12.3 Å². The summed E-state index contributed by atoms with van der Waals surface area (Å²) in [6.07, 6.45) is -0.684. The predicted molar refractivity (Wildman–Crippen MR) is 51.5 cm³/mol. The van der Waals surface area contributed by atoms with Gasteiger partial charge in [-0.15, -0.1) is 0 Å². The van der Waals surface area contributed by atoms with Gasteiger partial charge in [0.25, 0.3) is 0 Å². The monoisotopic (exact) mass is 198 g/mol. The summed E-state index contributed by atoms with van der Waals surface area (Å²) in [6.45, 7) is 1.90. The van der Waals surface area contributed by atoms with Crippen LogP contribution in [0.25, 0.3) is 0 Å². The number of hydrogen-bond acceptors (Lipinski definition) is 3. The van der Waals surface area contributed by atoms with Gasteiger partial charge in [0.2, 0.25) is 0 Å². The van der Waals surface area contributed by atoms with E-state index in [1.165, 1.54) is 12.1 Å². The largest absolute Gasteiger partial charge is 0.450 e. The number of benzene rings is 1. The van der Waals surface area contributed by atoms with E-state index in [1.54, 1.807) is 6.92 Å². The summed E-state index contributed by atoms with van der Waals surface area (Å²) in [7, 11) is 0. The SMILES string of the molecule is CCOC(=O)Nc1ccc(N)cc1F. The van der Waals surface area contributed by atoms with E-state index < -0.39 is 11.9 Å². The first-order valence-electron chi connectivity index (χ1n) is 4.12. The minimum atomic E-state index is -0.684. The van der Waals surface area contributed by atoms with Crippen molar-refractivity contribution in [2.24, 2.45) is 0 Å². The summed E-state index contributed by atoms with van der Waals surface area (Å²) in [4.78, 5) is 10.9. The van der Waals surface area contributed by atoms with Gasteiger partial charge in [-0.25, -0.2) is 9.18 Å². The first-order chi connectivity index (χ1) is 6.63. The van der Waals surface area contributed by atoms with Gasteiger partial charge in [-0.2, -0.15) is 0 Å². The molecule has 0 saturated carbocycles. The molecule has 1 aromatic carbocycles. The average Bonchev–Trinajstić information content (AvgIpc) is 2.10. The van der Waals surface area contributed by atoms with Gasteiger partial charge < -0.3 is 10.5 Å². The Kier molecular flexibility index (Phi) is 3.28. The zero-order valence-electron chi connectivity index (χ0n) is 7.71. The van der Waals surface area contributed by atoms with E-state index in [2.05, 4.69) is 10.1 Å². The fraction of sp³-hybridized carbons (Fsp3) is 0.222. The molecule has 0 aliphatic heterocycles. The number of carbonyl (C=O) groups excluding carboxylic acids is 1. The maximum atomic E-state index is 13.1. The number of nitrogens with two attached hydrogens (primary N) is 1. The lowest BCUT2D eigenvalue weighted by Crippen LogP contribution is -2.14. The number of amides is 1. The van der Waals surface area contributed by atoms with Crippen molar-refractivity contribution in [1.82, 2.24) is 0 Å². The Balaban J connectivity index is 2.72. The number of halogens is 1. The molecule has 0 bridgehead atoms. The van der Waals surface area contributed by atoms with Crippen LogP contribution in [0.3, 0.4) is 0 Å². The van der Waals surface area contributed by atoms with Gasteiger partial charge in [-0.05, 0) is 25.1 Å². The fourth-order valence-electron chi connectivity index (χ4n) is 0.910. The van der Waals surface area contributed by atoms with Gasteiger partial charge >= 0.3 is 6.09 Å². The van der Waals surface area contributed by atoms with Crippen LogP contribution in [0.2, 0.25) is 0 Å². The lowest BCUT2D eigenvalue weighted by atomic mass is 10.3. The highest BCUT2D eigenvalue weighted by Gasteiger charge is 2.06. The Morgan fingerprint density at radius 1 is 1.64 bits per heavy atom. The van der Waals surface area contributed by atoms with E-state index in [0.717, 1.165) is 6.07 Å². The molecule has 0 heterocycles. The van der Waals surface area contributed by atoms with Crippen molar-refractivity contribution in [1.29, 1.82) is 0 Å². The van der Waals surface area contributed by atoms with Crippen molar-refractivity contribution in [2.45, 2.75) is 6.92 Å². The molecule has 0 aliphatic rings. The molecular weight excluding hydrogens is 187 g/mol. The molecule has 0 aliphatic carbocycles. The zero-order chi connectivity index (χ0) is 10.6. The van der Waals surface area contributed by atoms with Gasteiger partial charge in [0.1, 0.15) is 5.82 Å². The molecule has 76 valence electrons. The highest BCUT2D eigenvalue weighted by atomic mass is 19.1. The molecule has 1 amide bonds. The van der Waals surface area contributed by atoms with Gasteiger partial charge in [-0.3, -0.25) is 5.32 Å². The number of nitrogens with one attached hydrogen (secondary N) is 1. The molecule has 0 unspecified atom stereocenters. The summed E-state index contributed by atoms with van der Waals surface area (Å²) in [5.74, 6) is -0.585. The number of rotatable bonds is 2. The number of hydrogen-bond donors (Lipinski definition) is 2. The molecular formula is C9H11FN2O2. The molecule has 0 radical (unpaired) electrons. The minimum Gasteiger partial charge on any atom is -0.450 e. The Hall–Kier alpha value is -1.78.